The van der Waals surface area contributed by atoms with Crippen LogP contribution in [0.4, 0.5) is 0 Å². The summed E-state index contributed by atoms with van der Waals surface area (Å²) in [6.45, 7) is 0. The van der Waals surface area contributed by atoms with E-state index in [9.17, 15) is 4.79 Å². The summed E-state index contributed by atoms with van der Waals surface area (Å²) in [4.78, 5) is 11.5. The molecule has 0 amide bonds. The first-order chi connectivity index (χ1) is 10.2. The number of carbonyl (C=O) groups excluding carboxylic acids is 1. The Labute approximate surface area is 124 Å². The Balaban J connectivity index is 2.34. The third kappa shape index (κ3) is 3.61. The monoisotopic (exact) mass is 285 g/mol. The summed E-state index contributed by atoms with van der Waals surface area (Å²) >= 11 is 0. The molecule has 0 aliphatic rings. The molecule has 0 heterocycles. The first-order valence-electron chi connectivity index (χ1n) is 6.71. The van der Waals surface area contributed by atoms with Crippen molar-refractivity contribution >= 4 is 5.97 Å². The number of hydrogen-bond acceptors (Lipinski definition) is 4. The molecule has 0 saturated heterocycles. The molecule has 110 valence electrons. The van der Waals surface area contributed by atoms with Crippen LogP contribution >= 0.6 is 0 Å². The van der Waals surface area contributed by atoms with Crippen LogP contribution in [0.2, 0.25) is 0 Å². The van der Waals surface area contributed by atoms with Gasteiger partial charge in [-0.1, -0.05) is 36.4 Å². The number of rotatable bonds is 5. The van der Waals surface area contributed by atoms with Crippen molar-refractivity contribution < 1.29 is 14.3 Å². The van der Waals surface area contributed by atoms with Crippen LogP contribution in [0, 0.1) is 0 Å². The maximum absolute atomic E-state index is 11.5. The van der Waals surface area contributed by atoms with Crippen molar-refractivity contribution in [1.29, 1.82) is 0 Å². The Morgan fingerprint density at radius 3 is 2.62 bits per heavy atom. The topological polar surface area (TPSA) is 61.5 Å². The van der Waals surface area contributed by atoms with Crippen molar-refractivity contribution in [3.63, 3.8) is 0 Å². The lowest BCUT2D eigenvalue weighted by Gasteiger charge is -2.14. The van der Waals surface area contributed by atoms with E-state index in [4.69, 9.17) is 10.5 Å². The van der Waals surface area contributed by atoms with Gasteiger partial charge < -0.3 is 15.2 Å². The van der Waals surface area contributed by atoms with Crippen molar-refractivity contribution in [2.75, 3.05) is 14.2 Å². The Bertz CT molecular complexity index is 625. The fourth-order valence-corrected chi connectivity index (χ4v) is 2.24. The van der Waals surface area contributed by atoms with Gasteiger partial charge in [0.15, 0.2) is 0 Å². The average molecular weight is 285 g/mol. The highest BCUT2D eigenvalue weighted by Crippen LogP contribution is 2.27. The summed E-state index contributed by atoms with van der Waals surface area (Å²) in [5.74, 6) is 0.384. The van der Waals surface area contributed by atoms with E-state index < -0.39 is 12.0 Å². The number of benzene rings is 2. The fourth-order valence-electron chi connectivity index (χ4n) is 2.24. The van der Waals surface area contributed by atoms with Gasteiger partial charge in [0, 0.05) is 0 Å². The van der Waals surface area contributed by atoms with Crippen LogP contribution in [-0.4, -0.2) is 26.2 Å². The van der Waals surface area contributed by atoms with Crippen molar-refractivity contribution in [1.82, 2.24) is 0 Å². The summed E-state index contributed by atoms with van der Waals surface area (Å²) in [5, 5.41) is 0. The van der Waals surface area contributed by atoms with Gasteiger partial charge in [0.1, 0.15) is 11.8 Å². The van der Waals surface area contributed by atoms with E-state index in [1.54, 1.807) is 7.11 Å². The zero-order valence-electron chi connectivity index (χ0n) is 12.2. The maximum atomic E-state index is 11.5. The van der Waals surface area contributed by atoms with Crippen molar-refractivity contribution in [3.8, 4) is 16.9 Å². The SMILES string of the molecule is COC(=O)C(N)Cc1ccccc1-c1cccc(OC)c1. The summed E-state index contributed by atoms with van der Waals surface area (Å²) in [7, 11) is 2.98. The zero-order chi connectivity index (χ0) is 15.2. The fraction of sp³-hybridized carbons (Fsp3) is 0.235. The molecule has 0 aliphatic heterocycles. The molecule has 2 rings (SSSR count). The standard InChI is InChI=1S/C17H19NO3/c1-20-14-8-5-7-12(10-14)15-9-4-3-6-13(15)11-16(18)17(19)21-2/h3-10,16H,11,18H2,1-2H3. The number of carbonyl (C=O) groups is 1. The molecule has 1 atom stereocenters. The second-order valence-corrected chi connectivity index (χ2v) is 4.72. The highest BCUT2D eigenvalue weighted by Gasteiger charge is 2.16. The molecule has 2 aromatic carbocycles. The molecule has 1 unspecified atom stereocenters. The molecule has 0 fully saturated rings. The molecule has 0 aliphatic carbocycles. The van der Waals surface area contributed by atoms with Crippen molar-refractivity contribution in [3.05, 3.63) is 54.1 Å². The van der Waals surface area contributed by atoms with E-state index >= 15 is 0 Å². The lowest BCUT2D eigenvalue weighted by atomic mass is 9.95. The largest absolute Gasteiger partial charge is 0.497 e. The molecule has 0 aromatic heterocycles. The molecule has 0 saturated carbocycles. The number of methoxy groups -OCH3 is 2. The quantitative estimate of drug-likeness (QED) is 0.857. The Kier molecular flexibility index (Phi) is 4.95. The lowest BCUT2D eigenvalue weighted by Crippen LogP contribution is -2.33. The third-order valence-corrected chi connectivity index (χ3v) is 3.34. The lowest BCUT2D eigenvalue weighted by molar-refractivity contribution is -0.142. The van der Waals surface area contributed by atoms with Gasteiger partial charge >= 0.3 is 5.97 Å². The highest BCUT2D eigenvalue weighted by atomic mass is 16.5. The number of nitrogens with two attached hydrogens (primary N) is 1. The normalized spacial score (nSPS) is 11.8. The number of ether oxygens (including phenoxy) is 2. The van der Waals surface area contributed by atoms with Crippen LogP contribution in [0.5, 0.6) is 5.75 Å². The van der Waals surface area contributed by atoms with E-state index in [0.29, 0.717) is 6.42 Å². The molecule has 0 spiro atoms. The predicted molar refractivity (Wildman–Crippen MR) is 82.1 cm³/mol. The van der Waals surface area contributed by atoms with Crippen LogP contribution in [0.3, 0.4) is 0 Å². The first-order valence-corrected chi connectivity index (χ1v) is 6.71. The second-order valence-electron chi connectivity index (χ2n) is 4.72. The smallest absolute Gasteiger partial charge is 0.322 e. The molecule has 2 aromatic rings. The molecule has 4 nitrogen and oxygen atoms in total. The molecule has 0 radical (unpaired) electrons. The number of esters is 1. The highest BCUT2D eigenvalue weighted by molar-refractivity contribution is 5.77. The van der Waals surface area contributed by atoms with Crippen LogP contribution in [-0.2, 0) is 16.0 Å². The maximum Gasteiger partial charge on any atom is 0.322 e. The molecule has 4 heteroatoms. The summed E-state index contributed by atoms with van der Waals surface area (Å²) < 4.78 is 9.94. The molecule has 21 heavy (non-hydrogen) atoms. The van der Waals surface area contributed by atoms with Gasteiger partial charge in [-0.15, -0.1) is 0 Å². The van der Waals surface area contributed by atoms with Crippen molar-refractivity contribution in [2.45, 2.75) is 12.5 Å². The van der Waals surface area contributed by atoms with E-state index in [-0.39, 0.29) is 0 Å². The van der Waals surface area contributed by atoms with Crippen molar-refractivity contribution in [2.24, 2.45) is 5.73 Å². The Morgan fingerprint density at radius 2 is 1.90 bits per heavy atom. The molecular formula is C17H19NO3. The first kappa shape index (κ1) is 15.1. The van der Waals surface area contributed by atoms with Crippen LogP contribution in [0.25, 0.3) is 11.1 Å². The van der Waals surface area contributed by atoms with E-state index in [1.807, 2.05) is 48.5 Å². The minimum Gasteiger partial charge on any atom is -0.497 e. The average Bonchev–Trinajstić information content (AvgIpc) is 2.54. The van der Waals surface area contributed by atoms with Crippen LogP contribution < -0.4 is 10.5 Å². The number of hydrogen-bond donors (Lipinski definition) is 1. The van der Waals surface area contributed by atoms with Gasteiger partial charge in [0.25, 0.3) is 0 Å². The summed E-state index contributed by atoms with van der Waals surface area (Å²) in [6, 6.07) is 15.0. The van der Waals surface area contributed by atoms with Gasteiger partial charge in [-0.3, -0.25) is 4.79 Å². The van der Waals surface area contributed by atoms with Gasteiger partial charge in [0.2, 0.25) is 0 Å². The zero-order valence-corrected chi connectivity index (χ0v) is 12.2. The van der Waals surface area contributed by atoms with E-state index in [1.165, 1.54) is 7.11 Å². The van der Waals surface area contributed by atoms with Crippen LogP contribution in [0.15, 0.2) is 48.5 Å². The van der Waals surface area contributed by atoms with Gasteiger partial charge in [-0.2, -0.15) is 0 Å². The van der Waals surface area contributed by atoms with Gasteiger partial charge in [0.05, 0.1) is 14.2 Å². The van der Waals surface area contributed by atoms with Crippen LogP contribution in [0.1, 0.15) is 5.56 Å². The molecular weight excluding hydrogens is 266 g/mol. The Morgan fingerprint density at radius 1 is 1.14 bits per heavy atom. The molecule has 0 bridgehead atoms. The van der Waals surface area contributed by atoms with E-state index in [0.717, 1.165) is 22.4 Å². The minimum absolute atomic E-state index is 0.407. The predicted octanol–water partition coefficient (Wildman–Crippen LogP) is 2.41. The minimum atomic E-state index is -0.665. The second kappa shape index (κ2) is 6.90. The third-order valence-electron chi connectivity index (χ3n) is 3.34. The summed E-state index contributed by atoms with van der Waals surface area (Å²) in [6.07, 6.45) is 0.431. The van der Waals surface area contributed by atoms with Gasteiger partial charge in [-0.25, -0.2) is 0 Å². The summed E-state index contributed by atoms with van der Waals surface area (Å²) in [5.41, 5.74) is 8.93. The van der Waals surface area contributed by atoms with Gasteiger partial charge in [-0.05, 0) is 35.2 Å². The van der Waals surface area contributed by atoms with E-state index in [2.05, 4.69) is 4.74 Å². The Hall–Kier alpha value is -2.33. The molecule has 2 N–H and O–H groups in total.